The Kier molecular flexibility index (Phi) is 2.44. The van der Waals surface area contributed by atoms with E-state index in [4.69, 9.17) is 0 Å². The van der Waals surface area contributed by atoms with Crippen molar-refractivity contribution >= 4 is 17.5 Å². The molecule has 0 saturated carbocycles. The molecule has 0 fully saturated rings. The van der Waals surface area contributed by atoms with E-state index in [1.165, 1.54) is 17.8 Å². The van der Waals surface area contributed by atoms with E-state index in [9.17, 15) is 9.90 Å². The maximum Gasteiger partial charge on any atom is 0.339 e. The second-order valence-corrected chi connectivity index (χ2v) is 4.10. The molecule has 0 atom stereocenters. The fourth-order valence-corrected chi connectivity index (χ4v) is 2.25. The largest absolute Gasteiger partial charge is 0.478 e. The SMILES string of the molecule is O=C(O)c1ccnnc1N1CCc2ccccc21. The summed E-state index contributed by atoms with van der Waals surface area (Å²) in [7, 11) is 0. The molecule has 0 saturated heterocycles. The van der Waals surface area contributed by atoms with Gasteiger partial charge in [-0.2, -0.15) is 5.10 Å². The molecular weight excluding hydrogens is 230 g/mol. The van der Waals surface area contributed by atoms with Gasteiger partial charge in [-0.15, -0.1) is 5.10 Å². The van der Waals surface area contributed by atoms with Crippen molar-refractivity contribution in [2.24, 2.45) is 0 Å². The van der Waals surface area contributed by atoms with Gasteiger partial charge in [0.25, 0.3) is 0 Å². The minimum absolute atomic E-state index is 0.182. The smallest absolute Gasteiger partial charge is 0.339 e. The summed E-state index contributed by atoms with van der Waals surface area (Å²) < 4.78 is 0. The van der Waals surface area contributed by atoms with Crippen LogP contribution in [0.2, 0.25) is 0 Å². The predicted octanol–water partition coefficient (Wildman–Crippen LogP) is 1.87. The fourth-order valence-electron chi connectivity index (χ4n) is 2.25. The molecule has 0 bridgehead atoms. The second kappa shape index (κ2) is 4.10. The van der Waals surface area contributed by atoms with Crippen molar-refractivity contribution in [2.75, 3.05) is 11.4 Å². The molecule has 3 rings (SSSR count). The first-order valence-electron chi connectivity index (χ1n) is 5.68. The first-order chi connectivity index (χ1) is 8.77. The lowest BCUT2D eigenvalue weighted by Gasteiger charge is -2.19. The van der Waals surface area contributed by atoms with Crippen LogP contribution in [-0.2, 0) is 6.42 Å². The molecule has 0 radical (unpaired) electrons. The maximum absolute atomic E-state index is 11.2. The van der Waals surface area contributed by atoms with E-state index in [2.05, 4.69) is 10.2 Å². The third kappa shape index (κ3) is 1.60. The Morgan fingerprint density at radius 2 is 2.11 bits per heavy atom. The molecule has 18 heavy (non-hydrogen) atoms. The zero-order chi connectivity index (χ0) is 12.5. The van der Waals surface area contributed by atoms with Gasteiger partial charge in [0, 0.05) is 12.2 Å². The van der Waals surface area contributed by atoms with Crippen molar-refractivity contribution in [3.8, 4) is 0 Å². The maximum atomic E-state index is 11.2. The van der Waals surface area contributed by atoms with Crippen LogP contribution in [0, 0.1) is 0 Å². The van der Waals surface area contributed by atoms with Gasteiger partial charge in [0.2, 0.25) is 0 Å². The standard InChI is InChI=1S/C13H11N3O2/c17-13(18)10-5-7-14-15-12(10)16-8-6-9-3-1-2-4-11(9)16/h1-5,7H,6,8H2,(H,17,18). The van der Waals surface area contributed by atoms with Crippen LogP contribution in [-0.4, -0.2) is 27.8 Å². The van der Waals surface area contributed by atoms with E-state index >= 15 is 0 Å². The highest BCUT2D eigenvalue weighted by atomic mass is 16.4. The summed E-state index contributed by atoms with van der Waals surface area (Å²) in [5.74, 6) is -0.570. The van der Waals surface area contributed by atoms with E-state index in [1.54, 1.807) is 0 Å². The predicted molar refractivity (Wildman–Crippen MR) is 66.1 cm³/mol. The molecule has 5 heteroatoms. The second-order valence-electron chi connectivity index (χ2n) is 4.10. The minimum atomic E-state index is -0.982. The van der Waals surface area contributed by atoms with Crippen molar-refractivity contribution in [3.63, 3.8) is 0 Å². The monoisotopic (exact) mass is 241 g/mol. The van der Waals surface area contributed by atoms with Gasteiger partial charge in [0.15, 0.2) is 5.82 Å². The Balaban J connectivity index is 2.10. The van der Waals surface area contributed by atoms with Crippen LogP contribution in [0.5, 0.6) is 0 Å². The number of carbonyl (C=O) groups is 1. The Labute approximate surface area is 104 Å². The first-order valence-corrected chi connectivity index (χ1v) is 5.68. The summed E-state index contributed by atoms with van der Waals surface area (Å²) in [4.78, 5) is 13.1. The van der Waals surface area contributed by atoms with Crippen molar-refractivity contribution in [1.29, 1.82) is 0 Å². The fraction of sp³-hybridized carbons (Fsp3) is 0.154. The third-order valence-electron chi connectivity index (χ3n) is 3.07. The lowest BCUT2D eigenvalue weighted by molar-refractivity contribution is 0.0697. The van der Waals surface area contributed by atoms with Crippen LogP contribution in [0.1, 0.15) is 15.9 Å². The van der Waals surface area contributed by atoms with Gasteiger partial charge in [-0.25, -0.2) is 4.79 Å². The van der Waals surface area contributed by atoms with Gasteiger partial charge < -0.3 is 10.0 Å². The van der Waals surface area contributed by atoms with Crippen molar-refractivity contribution in [1.82, 2.24) is 10.2 Å². The normalized spacial score (nSPS) is 13.4. The van der Waals surface area contributed by atoms with Gasteiger partial charge in [0.1, 0.15) is 5.56 Å². The highest BCUT2D eigenvalue weighted by molar-refractivity contribution is 5.94. The number of carboxylic acids is 1. The van der Waals surface area contributed by atoms with Gasteiger partial charge in [0.05, 0.1) is 6.20 Å². The van der Waals surface area contributed by atoms with E-state index in [1.807, 2.05) is 29.2 Å². The molecule has 1 aromatic carbocycles. The molecule has 5 nitrogen and oxygen atoms in total. The van der Waals surface area contributed by atoms with Crippen LogP contribution >= 0.6 is 0 Å². The van der Waals surface area contributed by atoms with Gasteiger partial charge in [-0.05, 0) is 24.1 Å². The Bertz CT molecular complexity index is 613. The van der Waals surface area contributed by atoms with Crippen LogP contribution in [0.15, 0.2) is 36.5 Å². The van der Waals surface area contributed by atoms with Gasteiger partial charge in [-0.3, -0.25) is 0 Å². The molecule has 2 heterocycles. The summed E-state index contributed by atoms with van der Waals surface area (Å²) in [5, 5.41) is 16.9. The summed E-state index contributed by atoms with van der Waals surface area (Å²) in [6.45, 7) is 0.734. The number of rotatable bonds is 2. The number of aromatic nitrogens is 2. The van der Waals surface area contributed by atoms with Gasteiger partial charge >= 0.3 is 5.97 Å². The number of benzene rings is 1. The Hall–Kier alpha value is -2.43. The molecule has 0 aliphatic carbocycles. The van der Waals surface area contributed by atoms with Crippen molar-refractivity contribution < 1.29 is 9.90 Å². The zero-order valence-electron chi connectivity index (χ0n) is 9.58. The minimum Gasteiger partial charge on any atom is -0.478 e. The van der Waals surface area contributed by atoms with Crippen LogP contribution in [0.25, 0.3) is 0 Å². The Morgan fingerprint density at radius 1 is 1.28 bits per heavy atom. The average molecular weight is 241 g/mol. The van der Waals surface area contributed by atoms with Crippen LogP contribution in [0.3, 0.4) is 0 Å². The third-order valence-corrected chi connectivity index (χ3v) is 3.07. The summed E-state index contributed by atoms with van der Waals surface area (Å²) in [5.41, 5.74) is 2.40. The van der Waals surface area contributed by atoms with E-state index in [-0.39, 0.29) is 5.56 Å². The number of aromatic carboxylic acids is 1. The number of nitrogens with zero attached hydrogens (tertiary/aromatic N) is 3. The molecule has 1 aliphatic heterocycles. The van der Waals surface area contributed by atoms with Gasteiger partial charge in [-0.1, -0.05) is 18.2 Å². The molecule has 0 spiro atoms. The topological polar surface area (TPSA) is 66.3 Å². The number of hydrogen-bond acceptors (Lipinski definition) is 4. The van der Waals surface area contributed by atoms with E-state index < -0.39 is 5.97 Å². The molecule has 1 aromatic heterocycles. The number of carboxylic acid groups (broad SMARTS) is 1. The highest BCUT2D eigenvalue weighted by Gasteiger charge is 2.25. The van der Waals surface area contributed by atoms with Crippen LogP contribution < -0.4 is 4.90 Å². The Morgan fingerprint density at radius 3 is 2.94 bits per heavy atom. The lowest BCUT2D eigenvalue weighted by Crippen LogP contribution is -2.19. The molecular formula is C13H11N3O2. The highest BCUT2D eigenvalue weighted by Crippen LogP contribution is 2.34. The summed E-state index contributed by atoms with van der Waals surface area (Å²) >= 11 is 0. The lowest BCUT2D eigenvalue weighted by atomic mass is 10.2. The van der Waals surface area contributed by atoms with E-state index in [0.29, 0.717) is 5.82 Å². The molecule has 1 N–H and O–H groups in total. The average Bonchev–Trinajstić information content (AvgIpc) is 2.82. The zero-order valence-corrected chi connectivity index (χ0v) is 9.58. The van der Waals surface area contributed by atoms with Crippen molar-refractivity contribution in [3.05, 3.63) is 47.7 Å². The number of para-hydroxylation sites is 1. The number of hydrogen-bond donors (Lipinski definition) is 1. The summed E-state index contributed by atoms with van der Waals surface area (Å²) in [6.07, 6.45) is 2.29. The molecule has 0 amide bonds. The molecule has 1 aliphatic rings. The number of fused-ring (bicyclic) bond motifs is 1. The molecule has 0 unspecified atom stereocenters. The molecule has 90 valence electrons. The van der Waals surface area contributed by atoms with Crippen LogP contribution in [0.4, 0.5) is 11.5 Å². The summed E-state index contributed by atoms with van der Waals surface area (Å²) in [6, 6.07) is 9.42. The number of anilines is 2. The first kappa shape index (κ1) is 10.7. The molecule has 2 aromatic rings. The van der Waals surface area contributed by atoms with E-state index in [0.717, 1.165) is 18.7 Å². The van der Waals surface area contributed by atoms with Crippen molar-refractivity contribution in [2.45, 2.75) is 6.42 Å². The quantitative estimate of drug-likeness (QED) is 0.869.